The first-order valence-electron chi connectivity index (χ1n) is 5.20. The van der Waals surface area contributed by atoms with Gasteiger partial charge in [-0.25, -0.2) is 8.78 Å². The van der Waals surface area contributed by atoms with Gasteiger partial charge in [0.1, 0.15) is 0 Å². The highest BCUT2D eigenvalue weighted by atomic mass is 19.3. The Morgan fingerprint density at radius 2 is 1.88 bits per heavy atom. The molecule has 0 aromatic heterocycles. The zero-order valence-electron chi connectivity index (χ0n) is 10.3. The van der Waals surface area contributed by atoms with Gasteiger partial charge in [-0.2, -0.15) is 0 Å². The van der Waals surface area contributed by atoms with Crippen molar-refractivity contribution < 1.29 is 13.6 Å². The van der Waals surface area contributed by atoms with Crippen LogP contribution in [0.2, 0.25) is 0 Å². The predicted octanol–water partition coefficient (Wildman–Crippen LogP) is 3.01. The summed E-state index contributed by atoms with van der Waals surface area (Å²) < 4.78 is 24.7. The lowest BCUT2D eigenvalue weighted by Crippen LogP contribution is -2.41. The van der Waals surface area contributed by atoms with E-state index in [1.165, 1.54) is 6.08 Å². The van der Waals surface area contributed by atoms with E-state index in [0.717, 1.165) is 10.5 Å². The number of carbonyl (C=O) groups excluding carboxylic acids is 1. The van der Waals surface area contributed by atoms with Crippen LogP contribution >= 0.6 is 0 Å². The molecule has 0 fully saturated rings. The molecule has 0 heterocycles. The van der Waals surface area contributed by atoms with Crippen LogP contribution in [0.25, 0.3) is 0 Å². The molecule has 92 valence electrons. The van der Waals surface area contributed by atoms with E-state index in [-0.39, 0.29) is 11.9 Å². The summed E-state index contributed by atoms with van der Waals surface area (Å²) >= 11 is 0. The highest BCUT2D eigenvalue weighted by Gasteiger charge is 2.23. The molecule has 0 bridgehead atoms. The monoisotopic (exact) mass is 231 g/mol. The summed E-state index contributed by atoms with van der Waals surface area (Å²) in [7, 11) is 0. The topological polar surface area (TPSA) is 20.3 Å². The van der Waals surface area contributed by atoms with Crippen molar-refractivity contribution in [1.82, 2.24) is 4.90 Å². The van der Waals surface area contributed by atoms with E-state index < -0.39 is 13.0 Å². The van der Waals surface area contributed by atoms with Gasteiger partial charge in [0.15, 0.2) is 0 Å². The minimum atomic E-state index is -2.52. The number of hydrogen-bond acceptors (Lipinski definition) is 1. The molecule has 0 rings (SSSR count). The summed E-state index contributed by atoms with van der Waals surface area (Å²) in [5, 5.41) is 0. The fraction of sp³-hybridized carbons (Fsp3) is 0.583. The second-order valence-corrected chi connectivity index (χ2v) is 4.06. The van der Waals surface area contributed by atoms with Gasteiger partial charge in [0.05, 0.1) is 6.54 Å². The molecule has 0 saturated carbocycles. The molecular weight excluding hydrogens is 212 g/mol. The first kappa shape index (κ1) is 14.8. The van der Waals surface area contributed by atoms with Gasteiger partial charge in [0, 0.05) is 11.6 Å². The summed E-state index contributed by atoms with van der Waals surface area (Å²) in [5.41, 5.74) is 1.18. The molecule has 0 radical (unpaired) electrons. The molecule has 4 heteroatoms. The van der Waals surface area contributed by atoms with Gasteiger partial charge in [-0.15, -0.1) is 0 Å². The first-order chi connectivity index (χ1) is 7.31. The van der Waals surface area contributed by atoms with E-state index in [4.69, 9.17) is 0 Å². The third kappa shape index (κ3) is 4.13. The van der Waals surface area contributed by atoms with Gasteiger partial charge >= 0.3 is 0 Å². The molecule has 0 saturated heterocycles. The molecule has 2 nitrogen and oxygen atoms in total. The molecule has 16 heavy (non-hydrogen) atoms. The quantitative estimate of drug-likeness (QED) is 0.526. The molecule has 0 unspecified atom stereocenters. The summed E-state index contributed by atoms with van der Waals surface area (Å²) in [6.45, 7) is 9.94. The number of allylic oxidation sites excluding steroid dienone is 1. The second kappa shape index (κ2) is 6.40. The van der Waals surface area contributed by atoms with Crippen molar-refractivity contribution in [2.75, 3.05) is 6.54 Å². The molecule has 0 aliphatic heterocycles. The Kier molecular flexibility index (Phi) is 5.93. The Morgan fingerprint density at radius 1 is 1.38 bits per heavy atom. The van der Waals surface area contributed by atoms with Crippen LogP contribution in [0.5, 0.6) is 0 Å². The number of amides is 1. The summed E-state index contributed by atoms with van der Waals surface area (Å²) in [6, 6.07) is -0.254. The van der Waals surface area contributed by atoms with E-state index in [0.29, 0.717) is 5.57 Å². The smallest absolute Gasteiger partial charge is 0.255 e. The van der Waals surface area contributed by atoms with Gasteiger partial charge in [-0.3, -0.25) is 4.79 Å². The molecule has 0 aliphatic carbocycles. The highest BCUT2D eigenvalue weighted by Crippen LogP contribution is 2.13. The SMILES string of the molecule is C=CC(C(=O)N(CC(F)F)C(C)C)=C(C)C. The van der Waals surface area contributed by atoms with Crippen molar-refractivity contribution in [3.05, 3.63) is 23.8 Å². The fourth-order valence-electron chi connectivity index (χ4n) is 1.34. The van der Waals surface area contributed by atoms with E-state index >= 15 is 0 Å². The summed E-state index contributed by atoms with van der Waals surface area (Å²) in [5.74, 6) is -0.384. The lowest BCUT2D eigenvalue weighted by molar-refractivity contribution is -0.130. The van der Waals surface area contributed by atoms with Crippen LogP contribution in [0, 0.1) is 0 Å². The Bertz CT molecular complexity index is 291. The largest absolute Gasteiger partial charge is 0.330 e. The molecule has 0 aliphatic rings. The highest BCUT2D eigenvalue weighted by molar-refractivity contribution is 5.96. The van der Waals surface area contributed by atoms with Crippen LogP contribution in [-0.4, -0.2) is 29.8 Å². The predicted molar refractivity (Wildman–Crippen MR) is 61.4 cm³/mol. The summed E-state index contributed by atoms with van der Waals surface area (Å²) in [6.07, 6.45) is -1.10. The Morgan fingerprint density at radius 3 is 2.12 bits per heavy atom. The van der Waals surface area contributed by atoms with Crippen LogP contribution in [0.4, 0.5) is 8.78 Å². The van der Waals surface area contributed by atoms with Gasteiger partial charge < -0.3 is 4.90 Å². The van der Waals surface area contributed by atoms with Crippen LogP contribution in [0.1, 0.15) is 27.7 Å². The van der Waals surface area contributed by atoms with Crippen LogP contribution in [-0.2, 0) is 4.79 Å². The molecule has 0 N–H and O–H groups in total. The zero-order chi connectivity index (χ0) is 12.9. The maximum absolute atomic E-state index is 12.3. The lowest BCUT2D eigenvalue weighted by Gasteiger charge is -2.27. The summed E-state index contributed by atoms with van der Waals surface area (Å²) in [4.78, 5) is 13.1. The number of rotatable bonds is 5. The molecular formula is C12H19F2NO. The van der Waals surface area contributed by atoms with Gasteiger partial charge in [0.25, 0.3) is 12.3 Å². The van der Waals surface area contributed by atoms with Crippen molar-refractivity contribution in [3.63, 3.8) is 0 Å². The maximum Gasteiger partial charge on any atom is 0.255 e. The average Bonchev–Trinajstić information content (AvgIpc) is 2.13. The molecule has 0 atom stereocenters. The number of alkyl halides is 2. The Labute approximate surface area is 95.6 Å². The van der Waals surface area contributed by atoms with Crippen LogP contribution < -0.4 is 0 Å². The first-order valence-corrected chi connectivity index (χ1v) is 5.20. The third-order valence-corrected chi connectivity index (χ3v) is 2.19. The third-order valence-electron chi connectivity index (χ3n) is 2.19. The van der Waals surface area contributed by atoms with Crippen molar-refractivity contribution in [3.8, 4) is 0 Å². The molecule has 0 aromatic rings. The number of hydrogen-bond donors (Lipinski definition) is 0. The van der Waals surface area contributed by atoms with E-state index in [1.807, 2.05) is 0 Å². The minimum Gasteiger partial charge on any atom is -0.330 e. The Balaban J connectivity index is 5.02. The van der Waals surface area contributed by atoms with Crippen LogP contribution in [0.15, 0.2) is 23.8 Å². The lowest BCUT2D eigenvalue weighted by atomic mass is 10.1. The molecule has 1 amide bonds. The van der Waals surface area contributed by atoms with E-state index in [2.05, 4.69) is 6.58 Å². The number of carbonyl (C=O) groups is 1. The van der Waals surface area contributed by atoms with Crippen molar-refractivity contribution >= 4 is 5.91 Å². The van der Waals surface area contributed by atoms with E-state index in [9.17, 15) is 13.6 Å². The van der Waals surface area contributed by atoms with Gasteiger partial charge in [-0.1, -0.05) is 18.2 Å². The second-order valence-electron chi connectivity index (χ2n) is 4.06. The van der Waals surface area contributed by atoms with Gasteiger partial charge in [-0.05, 0) is 27.7 Å². The molecule has 0 aromatic carbocycles. The number of nitrogens with zero attached hydrogens (tertiary/aromatic N) is 1. The van der Waals surface area contributed by atoms with Crippen LogP contribution in [0.3, 0.4) is 0 Å². The zero-order valence-corrected chi connectivity index (χ0v) is 10.3. The van der Waals surface area contributed by atoms with Crippen molar-refractivity contribution in [1.29, 1.82) is 0 Å². The Hall–Kier alpha value is -1.19. The minimum absolute atomic E-state index is 0.254. The number of halogens is 2. The maximum atomic E-state index is 12.3. The standard InChI is InChI=1S/C12H19F2NO/c1-6-10(8(2)3)12(16)15(9(4)5)7-11(13)14/h6,9,11H,1,7H2,2-5H3. The van der Waals surface area contributed by atoms with Crippen molar-refractivity contribution in [2.24, 2.45) is 0 Å². The fourth-order valence-corrected chi connectivity index (χ4v) is 1.34. The molecule has 0 spiro atoms. The normalized spacial score (nSPS) is 10.5. The average molecular weight is 231 g/mol. The van der Waals surface area contributed by atoms with E-state index in [1.54, 1.807) is 27.7 Å². The van der Waals surface area contributed by atoms with Gasteiger partial charge in [0.2, 0.25) is 0 Å². The van der Waals surface area contributed by atoms with Crippen molar-refractivity contribution in [2.45, 2.75) is 40.2 Å².